The Labute approximate surface area is 362 Å². The van der Waals surface area contributed by atoms with Crippen LogP contribution in [0, 0.1) is 0 Å². The molecule has 2 spiro atoms. The molecule has 0 N–H and O–H groups in total. The molecule has 0 radical (unpaired) electrons. The van der Waals surface area contributed by atoms with Gasteiger partial charge in [0.15, 0.2) is 5.82 Å². The average molecular weight is 805 g/mol. The molecule has 0 saturated heterocycles. The maximum atomic E-state index is 5.27. The van der Waals surface area contributed by atoms with Crippen molar-refractivity contribution < 1.29 is 0 Å². The summed E-state index contributed by atoms with van der Waals surface area (Å²) >= 11 is 1.82. The maximum absolute atomic E-state index is 5.27. The van der Waals surface area contributed by atoms with Gasteiger partial charge in [-0.1, -0.05) is 166 Å². The molecule has 2 fully saturated rings. The Morgan fingerprint density at radius 2 is 1.11 bits per heavy atom. The monoisotopic (exact) mass is 804 g/mol. The lowest BCUT2D eigenvalue weighted by Crippen LogP contribution is -2.29. The number of hydrogen-bond donors (Lipinski definition) is 0. The van der Waals surface area contributed by atoms with Crippen molar-refractivity contribution in [2.45, 2.75) is 87.4 Å². The molecule has 3 heteroatoms. The Kier molecular flexibility index (Phi) is 8.11. The van der Waals surface area contributed by atoms with Crippen LogP contribution in [-0.4, -0.2) is 9.97 Å². The zero-order chi connectivity index (χ0) is 40.1. The van der Waals surface area contributed by atoms with Crippen molar-refractivity contribution in [2.24, 2.45) is 0 Å². The lowest BCUT2D eigenvalue weighted by molar-refractivity contribution is 0.350. The second kappa shape index (κ2) is 13.8. The van der Waals surface area contributed by atoms with E-state index in [0.717, 1.165) is 29.0 Å². The molecule has 296 valence electrons. The van der Waals surface area contributed by atoms with Crippen LogP contribution < -0.4 is 0 Å². The van der Waals surface area contributed by atoms with E-state index in [4.69, 9.17) is 9.97 Å². The minimum Gasteiger partial charge on any atom is -0.231 e. The molecule has 1 unspecified atom stereocenters. The van der Waals surface area contributed by atoms with Gasteiger partial charge in [-0.3, -0.25) is 0 Å². The molecule has 5 aliphatic carbocycles. The molecule has 6 aromatic carbocycles. The number of fused-ring (bicyclic) bond motifs is 13. The molecule has 0 bridgehead atoms. The normalized spacial score (nSPS) is 19.2. The summed E-state index contributed by atoms with van der Waals surface area (Å²) in [5, 5.41) is 1.21. The van der Waals surface area contributed by atoms with Crippen LogP contribution in [0.3, 0.4) is 0 Å². The topological polar surface area (TPSA) is 25.8 Å². The van der Waals surface area contributed by atoms with E-state index in [1.54, 1.807) is 22.3 Å². The smallest absolute Gasteiger partial charge is 0.160 e. The largest absolute Gasteiger partial charge is 0.231 e. The first-order chi connectivity index (χ1) is 30.2. The van der Waals surface area contributed by atoms with Gasteiger partial charge in [-0.2, -0.15) is 0 Å². The fourth-order valence-corrected chi connectivity index (χ4v) is 13.7. The Bertz CT molecular complexity index is 3120. The van der Waals surface area contributed by atoms with Crippen molar-refractivity contribution >= 4 is 37.2 Å². The van der Waals surface area contributed by atoms with Crippen molar-refractivity contribution in [1.82, 2.24) is 9.97 Å². The highest BCUT2D eigenvalue weighted by Crippen LogP contribution is 2.62. The Morgan fingerprint density at radius 1 is 0.492 bits per heavy atom. The Balaban J connectivity index is 0.834. The van der Waals surface area contributed by atoms with Gasteiger partial charge >= 0.3 is 0 Å². The predicted octanol–water partition coefficient (Wildman–Crippen LogP) is 15.8. The number of nitrogens with zero attached hydrogens (tertiary/aromatic N) is 2. The van der Waals surface area contributed by atoms with Gasteiger partial charge in [-0.25, -0.2) is 9.97 Å². The first kappa shape index (κ1) is 35.8. The van der Waals surface area contributed by atoms with Gasteiger partial charge in [-0.15, -0.1) is 11.3 Å². The summed E-state index contributed by atoms with van der Waals surface area (Å²) in [5.41, 5.74) is 21.1. The summed E-state index contributed by atoms with van der Waals surface area (Å²) < 4.78 is 2.46. The quantitative estimate of drug-likeness (QED) is 0.177. The zero-order valence-corrected chi connectivity index (χ0v) is 35.4. The van der Waals surface area contributed by atoms with Crippen molar-refractivity contribution in [2.75, 3.05) is 0 Å². The van der Waals surface area contributed by atoms with E-state index < -0.39 is 0 Å². The maximum Gasteiger partial charge on any atom is 0.160 e. The minimum absolute atomic E-state index is 0.132. The molecule has 2 saturated carbocycles. The number of rotatable bonds is 4. The molecule has 1 atom stereocenters. The molecular formula is C58H48N2S. The standard InChI is InChI=1S/C58H48N2S/c1-4-14-41(15-5-1)56-59-53(55-54(60-56)44-17-7-9-19-52(44)61-55)40-26-24-38(25-27-40)37-20-22-39(23-21-37)42-28-29-49-45(34-42)47-36-50-46(35-51(47)58(49)32-12-3-13-33-58)43-16-6-8-18-48(43)57(50)30-10-2-11-31-57/h1,4-9,14-26,28-29,34-36,40H,2-3,10-13,27,30-33H2. The van der Waals surface area contributed by atoms with Crippen molar-refractivity contribution in [1.29, 1.82) is 0 Å². The SMILES string of the molecule is C1=CC(c2nc(-c3ccccc3)nc3c2sc2ccccc23)CC=C1c1ccc(-c2ccc3c(c2)-c2cc4c(cc2C32CCCCC2)-c2ccccc2C42CCCCC2)cc1. The van der Waals surface area contributed by atoms with Crippen LogP contribution >= 0.6 is 11.3 Å². The number of aromatic nitrogens is 2. The van der Waals surface area contributed by atoms with E-state index >= 15 is 0 Å². The molecular weight excluding hydrogens is 757 g/mol. The molecule has 13 rings (SSSR count). The third kappa shape index (κ3) is 5.39. The zero-order valence-electron chi connectivity index (χ0n) is 34.6. The van der Waals surface area contributed by atoms with Crippen LogP contribution in [0.5, 0.6) is 0 Å². The van der Waals surface area contributed by atoms with Gasteiger partial charge in [0.2, 0.25) is 0 Å². The molecule has 5 aliphatic rings. The summed E-state index contributed by atoms with van der Waals surface area (Å²) in [5.74, 6) is 0.992. The van der Waals surface area contributed by atoms with Gasteiger partial charge in [0.1, 0.15) is 0 Å². The minimum atomic E-state index is 0.132. The average Bonchev–Trinajstić information content (AvgIpc) is 3.93. The fraction of sp³-hybridized carbons (Fsp3) is 0.241. The number of hydrogen-bond acceptors (Lipinski definition) is 3. The number of thiophene rings is 1. The molecule has 2 aromatic heterocycles. The van der Waals surface area contributed by atoms with Gasteiger partial charge in [0, 0.05) is 32.4 Å². The van der Waals surface area contributed by atoms with E-state index in [2.05, 4.69) is 152 Å². The lowest BCUT2D eigenvalue weighted by Gasteiger charge is -2.37. The second-order valence-corrected chi connectivity index (χ2v) is 19.6. The third-order valence-corrected chi connectivity index (χ3v) is 16.6. The summed E-state index contributed by atoms with van der Waals surface area (Å²) in [7, 11) is 0. The summed E-state index contributed by atoms with van der Waals surface area (Å²) in [6.07, 6.45) is 21.1. The first-order valence-corrected chi connectivity index (χ1v) is 23.7. The molecule has 0 amide bonds. The van der Waals surface area contributed by atoms with Crippen molar-refractivity contribution in [3.8, 4) is 44.8 Å². The molecule has 2 nitrogen and oxygen atoms in total. The van der Waals surface area contributed by atoms with E-state index in [1.165, 1.54) is 124 Å². The third-order valence-electron chi connectivity index (χ3n) is 15.4. The van der Waals surface area contributed by atoms with Crippen LogP contribution in [0.25, 0.3) is 70.6 Å². The van der Waals surface area contributed by atoms with E-state index in [0.29, 0.717) is 0 Å². The molecule has 0 aliphatic heterocycles. The Morgan fingerprint density at radius 3 is 1.85 bits per heavy atom. The van der Waals surface area contributed by atoms with Crippen LogP contribution in [0.4, 0.5) is 0 Å². The van der Waals surface area contributed by atoms with Crippen LogP contribution in [-0.2, 0) is 10.8 Å². The fourth-order valence-electron chi connectivity index (χ4n) is 12.5. The van der Waals surface area contributed by atoms with Gasteiger partial charge in [0.25, 0.3) is 0 Å². The van der Waals surface area contributed by atoms with Gasteiger partial charge in [-0.05, 0) is 123 Å². The second-order valence-electron chi connectivity index (χ2n) is 18.5. The number of allylic oxidation sites excluding steroid dienone is 4. The van der Waals surface area contributed by atoms with E-state index in [1.807, 2.05) is 11.3 Å². The summed E-state index contributed by atoms with van der Waals surface area (Å²) in [6, 6.07) is 50.7. The summed E-state index contributed by atoms with van der Waals surface area (Å²) in [6.45, 7) is 0. The van der Waals surface area contributed by atoms with Gasteiger partial charge in [0.05, 0.1) is 15.9 Å². The molecule has 2 heterocycles. The highest BCUT2D eigenvalue weighted by Gasteiger charge is 2.49. The summed E-state index contributed by atoms with van der Waals surface area (Å²) in [4.78, 5) is 10.4. The van der Waals surface area contributed by atoms with Crippen LogP contribution in [0.2, 0.25) is 0 Å². The van der Waals surface area contributed by atoms with E-state index in [9.17, 15) is 0 Å². The molecule has 8 aromatic rings. The number of benzene rings is 6. The Hall–Kier alpha value is -5.90. The highest BCUT2D eigenvalue weighted by atomic mass is 32.1. The van der Waals surface area contributed by atoms with Crippen LogP contribution in [0.1, 0.15) is 110 Å². The first-order valence-electron chi connectivity index (χ1n) is 22.8. The van der Waals surface area contributed by atoms with Crippen LogP contribution in [0.15, 0.2) is 152 Å². The highest BCUT2D eigenvalue weighted by molar-refractivity contribution is 7.25. The van der Waals surface area contributed by atoms with E-state index in [-0.39, 0.29) is 16.7 Å². The lowest BCUT2D eigenvalue weighted by atomic mass is 9.66. The predicted molar refractivity (Wildman–Crippen MR) is 255 cm³/mol. The molecule has 61 heavy (non-hydrogen) atoms. The van der Waals surface area contributed by atoms with Gasteiger partial charge < -0.3 is 0 Å². The van der Waals surface area contributed by atoms with Crippen molar-refractivity contribution in [3.63, 3.8) is 0 Å². The van der Waals surface area contributed by atoms with Crippen molar-refractivity contribution in [3.05, 3.63) is 185 Å².